The molecule has 2 heterocycles. The third kappa shape index (κ3) is 3.97. The number of phenols is 1. The fourth-order valence-corrected chi connectivity index (χ4v) is 4.40. The van der Waals surface area contributed by atoms with Gasteiger partial charge in [0, 0.05) is 43.4 Å². The normalized spacial score (nSPS) is 17.5. The summed E-state index contributed by atoms with van der Waals surface area (Å²) in [5.74, 6) is 0.601. The van der Waals surface area contributed by atoms with Crippen LogP contribution in [0.3, 0.4) is 0 Å². The van der Waals surface area contributed by atoms with Crippen LogP contribution in [0.5, 0.6) is 11.5 Å². The van der Waals surface area contributed by atoms with Gasteiger partial charge in [0.15, 0.2) is 5.76 Å². The molecule has 0 atom stereocenters. The molecule has 1 fully saturated rings. The minimum absolute atomic E-state index is 0.140. The highest BCUT2D eigenvalue weighted by Crippen LogP contribution is 2.40. The number of carbonyl (C=O) groups excluding carboxylic acids is 1. The number of aromatic hydroxyl groups is 1. The van der Waals surface area contributed by atoms with Gasteiger partial charge in [0.2, 0.25) is 5.78 Å². The minimum Gasteiger partial charge on any atom is -0.507 e. The minimum atomic E-state index is -0.199. The molecule has 162 valence electrons. The Morgan fingerprint density at radius 1 is 0.938 bits per heavy atom. The van der Waals surface area contributed by atoms with Crippen molar-refractivity contribution in [2.24, 2.45) is 0 Å². The summed E-state index contributed by atoms with van der Waals surface area (Å²) in [7, 11) is 0. The van der Waals surface area contributed by atoms with Crippen LogP contribution in [0.15, 0.2) is 72.5 Å². The van der Waals surface area contributed by atoms with Crippen LogP contribution in [-0.2, 0) is 6.54 Å². The second kappa shape index (κ2) is 8.69. The van der Waals surface area contributed by atoms with Crippen molar-refractivity contribution in [2.45, 2.75) is 6.54 Å². The molecule has 0 spiro atoms. The molecule has 3 aromatic rings. The van der Waals surface area contributed by atoms with Crippen LogP contribution in [0.25, 0.3) is 6.08 Å². The molecule has 6 heteroatoms. The fraction of sp³-hybridized carbons (Fsp3) is 0.192. The van der Waals surface area contributed by atoms with Crippen LogP contribution in [0.1, 0.15) is 21.5 Å². The maximum atomic E-state index is 12.9. The SMILES string of the molecule is O=C1/C(=C/c2ccccc2Cl)Oc2c1ccc(O)c2CN1CCN(c2ccccc2)CC1. The number of Topliss-reactive ketones (excluding diaryl/α,β-unsaturated/α-hetero) is 1. The van der Waals surface area contributed by atoms with Gasteiger partial charge in [-0.1, -0.05) is 48.0 Å². The molecule has 0 amide bonds. The van der Waals surface area contributed by atoms with E-state index in [0.29, 0.717) is 34.0 Å². The number of anilines is 1. The van der Waals surface area contributed by atoms with Crippen LogP contribution in [-0.4, -0.2) is 42.0 Å². The van der Waals surface area contributed by atoms with Gasteiger partial charge < -0.3 is 14.7 Å². The summed E-state index contributed by atoms with van der Waals surface area (Å²) < 4.78 is 5.98. The van der Waals surface area contributed by atoms with E-state index in [-0.39, 0.29) is 17.3 Å². The predicted octanol–water partition coefficient (Wildman–Crippen LogP) is 4.98. The standard InChI is InChI=1S/C26H23ClN2O3/c27-22-9-5-4-6-18(22)16-24-25(31)20-10-11-23(30)21(26(20)32-24)17-28-12-14-29(15-13-28)19-7-2-1-3-8-19/h1-11,16,30H,12-15,17H2/b24-16-. The summed E-state index contributed by atoms with van der Waals surface area (Å²) in [6, 6.07) is 20.9. The number of benzene rings is 3. The van der Waals surface area contributed by atoms with Crippen molar-refractivity contribution in [3.05, 3.63) is 94.2 Å². The summed E-state index contributed by atoms with van der Waals surface area (Å²) in [5.41, 5.74) is 3.05. The molecule has 5 nitrogen and oxygen atoms in total. The molecule has 0 aliphatic carbocycles. The largest absolute Gasteiger partial charge is 0.507 e. The lowest BCUT2D eigenvalue weighted by molar-refractivity contribution is 0.101. The van der Waals surface area contributed by atoms with Crippen LogP contribution in [0.2, 0.25) is 5.02 Å². The van der Waals surface area contributed by atoms with Crippen molar-refractivity contribution >= 4 is 29.1 Å². The first kappa shape index (κ1) is 20.6. The summed E-state index contributed by atoms with van der Waals surface area (Å²) in [4.78, 5) is 17.6. The van der Waals surface area contributed by atoms with Gasteiger partial charge in [-0.3, -0.25) is 9.69 Å². The zero-order valence-corrected chi connectivity index (χ0v) is 18.3. The van der Waals surface area contributed by atoms with Crippen molar-refractivity contribution in [3.8, 4) is 11.5 Å². The molecule has 1 saturated heterocycles. The number of allylic oxidation sites excluding steroid dienone is 1. The number of halogens is 1. The highest BCUT2D eigenvalue weighted by molar-refractivity contribution is 6.32. The molecule has 0 saturated carbocycles. The predicted molar refractivity (Wildman–Crippen MR) is 126 cm³/mol. The van der Waals surface area contributed by atoms with Crippen LogP contribution in [0.4, 0.5) is 5.69 Å². The molecule has 1 N–H and O–H groups in total. The number of piperazine rings is 1. The van der Waals surface area contributed by atoms with Gasteiger partial charge in [-0.05, 0) is 42.0 Å². The summed E-state index contributed by atoms with van der Waals surface area (Å²) in [6.45, 7) is 4.03. The summed E-state index contributed by atoms with van der Waals surface area (Å²) in [6.07, 6.45) is 1.66. The number of ether oxygens (including phenoxy) is 1. The Bertz CT molecular complexity index is 1180. The number of fused-ring (bicyclic) bond motifs is 1. The highest BCUT2D eigenvalue weighted by Gasteiger charge is 2.32. The van der Waals surface area contributed by atoms with E-state index < -0.39 is 0 Å². The van der Waals surface area contributed by atoms with Gasteiger partial charge in [0.25, 0.3) is 0 Å². The van der Waals surface area contributed by atoms with E-state index in [2.05, 4.69) is 34.1 Å². The second-order valence-corrected chi connectivity index (χ2v) is 8.41. The van der Waals surface area contributed by atoms with Crippen molar-refractivity contribution in [3.63, 3.8) is 0 Å². The lowest BCUT2D eigenvalue weighted by Crippen LogP contribution is -2.46. The molecular weight excluding hydrogens is 424 g/mol. The van der Waals surface area contributed by atoms with Crippen LogP contribution >= 0.6 is 11.6 Å². The number of para-hydroxylation sites is 1. The first-order valence-electron chi connectivity index (χ1n) is 10.7. The zero-order valence-electron chi connectivity index (χ0n) is 17.5. The van der Waals surface area contributed by atoms with Crippen LogP contribution < -0.4 is 9.64 Å². The number of rotatable bonds is 4. The third-order valence-electron chi connectivity index (χ3n) is 5.98. The lowest BCUT2D eigenvalue weighted by Gasteiger charge is -2.36. The molecule has 2 aliphatic heterocycles. The fourth-order valence-electron chi connectivity index (χ4n) is 4.21. The van der Waals surface area contributed by atoms with Gasteiger partial charge in [-0.25, -0.2) is 0 Å². The Morgan fingerprint density at radius 3 is 2.41 bits per heavy atom. The van der Waals surface area contributed by atoms with E-state index in [0.717, 1.165) is 26.2 Å². The quantitative estimate of drug-likeness (QED) is 0.572. The van der Waals surface area contributed by atoms with Crippen molar-refractivity contribution in [1.82, 2.24) is 4.90 Å². The first-order valence-corrected chi connectivity index (χ1v) is 11.0. The summed E-state index contributed by atoms with van der Waals surface area (Å²) >= 11 is 6.24. The molecule has 5 rings (SSSR count). The van der Waals surface area contributed by atoms with E-state index in [4.69, 9.17) is 16.3 Å². The molecule has 0 aromatic heterocycles. The second-order valence-electron chi connectivity index (χ2n) is 8.00. The van der Waals surface area contributed by atoms with E-state index in [9.17, 15) is 9.90 Å². The number of hydrogen-bond acceptors (Lipinski definition) is 5. The topological polar surface area (TPSA) is 53.0 Å². The Labute approximate surface area is 192 Å². The van der Waals surface area contributed by atoms with Gasteiger partial charge in [-0.15, -0.1) is 0 Å². The zero-order chi connectivity index (χ0) is 22.1. The molecule has 0 bridgehead atoms. The number of phenolic OH excluding ortho intramolecular Hbond substituents is 1. The van der Waals surface area contributed by atoms with Gasteiger partial charge >= 0.3 is 0 Å². The number of nitrogens with zero attached hydrogens (tertiary/aromatic N) is 2. The lowest BCUT2D eigenvalue weighted by atomic mass is 10.0. The monoisotopic (exact) mass is 446 g/mol. The molecule has 2 aliphatic rings. The van der Waals surface area contributed by atoms with Gasteiger partial charge in [0.1, 0.15) is 11.5 Å². The maximum absolute atomic E-state index is 12.9. The van der Waals surface area contributed by atoms with E-state index in [1.165, 1.54) is 5.69 Å². The van der Waals surface area contributed by atoms with Crippen LogP contribution in [0, 0.1) is 0 Å². The third-order valence-corrected chi connectivity index (χ3v) is 6.33. The Balaban J connectivity index is 1.35. The molecular formula is C26H23ClN2O3. The van der Waals surface area contributed by atoms with E-state index in [1.54, 1.807) is 24.3 Å². The Kier molecular flexibility index (Phi) is 5.60. The average molecular weight is 447 g/mol. The van der Waals surface area contributed by atoms with Crippen molar-refractivity contribution in [1.29, 1.82) is 0 Å². The van der Waals surface area contributed by atoms with E-state index >= 15 is 0 Å². The van der Waals surface area contributed by atoms with Crippen molar-refractivity contribution in [2.75, 3.05) is 31.1 Å². The number of carbonyl (C=O) groups is 1. The maximum Gasteiger partial charge on any atom is 0.231 e. The highest BCUT2D eigenvalue weighted by atomic mass is 35.5. The number of hydrogen-bond donors (Lipinski definition) is 1. The Hall–Kier alpha value is -3.28. The van der Waals surface area contributed by atoms with Gasteiger partial charge in [-0.2, -0.15) is 0 Å². The smallest absolute Gasteiger partial charge is 0.231 e. The molecule has 0 radical (unpaired) electrons. The van der Waals surface area contributed by atoms with Crippen molar-refractivity contribution < 1.29 is 14.6 Å². The van der Waals surface area contributed by atoms with E-state index in [1.807, 2.05) is 24.3 Å². The molecule has 0 unspecified atom stereocenters. The summed E-state index contributed by atoms with van der Waals surface area (Å²) in [5, 5.41) is 11.1. The molecule has 32 heavy (non-hydrogen) atoms. The first-order chi connectivity index (χ1) is 15.6. The Morgan fingerprint density at radius 2 is 1.66 bits per heavy atom. The number of ketones is 1. The van der Waals surface area contributed by atoms with Gasteiger partial charge in [0.05, 0.1) is 11.1 Å². The molecule has 3 aromatic carbocycles. The average Bonchev–Trinajstić information content (AvgIpc) is 3.14.